The Balaban J connectivity index is 1.32. The third-order valence-electron chi connectivity index (χ3n) is 13.1. The van der Waals surface area contributed by atoms with Crippen LogP contribution in [0, 0.1) is 46.3 Å². The molecule has 254 valence electrons. The van der Waals surface area contributed by atoms with Crippen molar-refractivity contribution in [2.75, 3.05) is 39.3 Å². The number of urea groups is 1. The van der Waals surface area contributed by atoms with E-state index in [1.165, 1.54) is 57.8 Å². The van der Waals surface area contributed by atoms with Gasteiger partial charge in [-0.3, -0.25) is 0 Å². The first-order chi connectivity index (χ1) is 21.1. The summed E-state index contributed by atoms with van der Waals surface area (Å²) < 4.78 is 0. The van der Waals surface area contributed by atoms with Crippen molar-refractivity contribution in [1.29, 1.82) is 0 Å². The first-order valence-electron chi connectivity index (χ1n) is 19.0. The van der Waals surface area contributed by atoms with Crippen LogP contribution in [-0.4, -0.2) is 56.2 Å². The smallest absolute Gasteiger partial charge is 0.317 e. The van der Waals surface area contributed by atoms with E-state index in [0.29, 0.717) is 17.4 Å². The van der Waals surface area contributed by atoms with Crippen molar-refractivity contribution in [1.82, 2.24) is 15.5 Å². The zero-order valence-corrected chi connectivity index (χ0v) is 29.5. The van der Waals surface area contributed by atoms with E-state index in [0.717, 1.165) is 107 Å². The number of nitrogens with one attached hydrogen (secondary N) is 2. The number of rotatable bonds is 17. The molecule has 0 saturated heterocycles. The molecule has 0 heterocycles. The highest BCUT2D eigenvalue weighted by Gasteiger charge is 2.59. The molecule has 0 aromatic rings. The topological polar surface area (TPSA) is 96.4 Å². The Morgan fingerprint density at radius 3 is 2.41 bits per heavy atom. The van der Waals surface area contributed by atoms with Gasteiger partial charge in [0.05, 0.1) is 0 Å². The first-order valence-corrected chi connectivity index (χ1v) is 19.0. The number of nitrogens with zero attached hydrogens (tertiary/aromatic N) is 1. The molecule has 0 radical (unpaired) electrons. The van der Waals surface area contributed by atoms with Gasteiger partial charge in [0, 0.05) is 19.1 Å². The normalized spacial score (nSPS) is 33.7. The number of allylic oxidation sites excluding steroid dienone is 1. The largest absolute Gasteiger partial charge is 0.335 e. The minimum atomic E-state index is 0.116. The second kappa shape index (κ2) is 16.6. The lowest BCUT2D eigenvalue weighted by molar-refractivity contribution is -0.0513. The fourth-order valence-corrected chi connectivity index (χ4v) is 10.6. The Bertz CT molecular complexity index is 921. The molecule has 0 bridgehead atoms. The van der Waals surface area contributed by atoms with Gasteiger partial charge in [-0.1, -0.05) is 65.5 Å². The van der Waals surface area contributed by atoms with Crippen molar-refractivity contribution < 1.29 is 4.79 Å². The number of carbonyl (C=O) groups excluding carboxylic acids is 1. The van der Waals surface area contributed by atoms with E-state index < -0.39 is 0 Å². The molecule has 4 aliphatic rings. The van der Waals surface area contributed by atoms with E-state index in [1.54, 1.807) is 5.57 Å². The summed E-state index contributed by atoms with van der Waals surface area (Å²) in [6, 6.07) is 0.374. The summed E-state index contributed by atoms with van der Waals surface area (Å²) in [7, 11) is 0. The molecule has 0 unspecified atom stereocenters. The van der Waals surface area contributed by atoms with E-state index in [1.807, 2.05) is 4.90 Å². The van der Waals surface area contributed by atoms with Crippen LogP contribution in [0.3, 0.4) is 0 Å². The first kappa shape index (κ1) is 35.7. The lowest BCUT2D eigenvalue weighted by Crippen LogP contribution is -2.53. The molecule has 44 heavy (non-hydrogen) atoms. The number of carbonyl (C=O) groups is 1. The molecule has 0 aromatic carbocycles. The fourth-order valence-electron chi connectivity index (χ4n) is 10.6. The van der Waals surface area contributed by atoms with Crippen LogP contribution in [0.1, 0.15) is 131 Å². The van der Waals surface area contributed by atoms with Crippen molar-refractivity contribution in [2.24, 2.45) is 57.8 Å². The van der Waals surface area contributed by atoms with Crippen LogP contribution in [0.25, 0.3) is 0 Å². The zero-order chi connectivity index (χ0) is 31.7. The van der Waals surface area contributed by atoms with Crippen LogP contribution >= 0.6 is 0 Å². The lowest BCUT2D eigenvalue weighted by Gasteiger charge is -2.58. The van der Waals surface area contributed by atoms with Crippen LogP contribution in [0.2, 0.25) is 0 Å². The number of amides is 2. The molecule has 0 aliphatic heterocycles. The molecule has 3 saturated carbocycles. The van der Waals surface area contributed by atoms with Crippen molar-refractivity contribution >= 4 is 6.03 Å². The zero-order valence-electron chi connectivity index (χ0n) is 29.5. The maximum Gasteiger partial charge on any atom is 0.317 e. The molecular weight excluding hydrogens is 542 g/mol. The summed E-state index contributed by atoms with van der Waals surface area (Å²) in [5, 5.41) is 6.93. The molecule has 0 spiro atoms. The molecule has 8 atom stereocenters. The average molecular weight is 614 g/mol. The molecule has 3 fully saturated rings. The van der Waals surface area contributed by atoms with Crippen molar-refractivity contribution in [3.05, 3.63) is 11.6 Å². The summed E-state index contributed by atoms with van der Waals surface area (Å²) in [6.07, 6.45) is 21.2. The average Bonchev–Trinajstić information content (AvgIpc) is 3.35. The summed E-state index contributed by atoms with van der Waals surface area (Å²) in [5.41, 5.74) is 13.9. The minimum Gasteiger partial charge on any atom is -0.335 e. The summed E-state index contributed by atoms with van der Waals surface area (Å²) in [5.74, 6) is 5.20. The molecular formula is C38H71N5O. The van der Waals surface area contributed by atoms with E-state index in [-0.39, 0.29) is 12.1 Å². The quantitative estimate of drug-likeness (QED) is 0.101. The maximum atomic E-state index is 13.5. The summed E-state index contributed by atoms with van der Waals surface area (Å²) in [4.78, 5) is 15.5. The van der Waals surface area contributed by atoms with Gasteiger partial charge in [-0.25, -0.2) is 4.79 Å². The third-order valence-corrected chi connectivity index (χ3v) is 13.1. The molecule has 4 aliphatic carbocycles. The molecule has 6 heteroatoms. The number of fused-ring (bicyclic) bond motifs is 5. The summed E-state index contributed by atoms with van der Waals surface area (Å²) >= 11 is 0. The maximum absolute atomic E-state index is 13.5. The predicted molar refractivity (Wildman–Crippen MR) is 186 cm³/mol. The van der Waals surface area contributed by atoms with Gasteiger partial charge in [0.15, 0.2) is 0 Å². The molecule has 6 nitrogen and oxygen atoms in total. The van der Waals surface area contributed by atoms with E-state index in [4.69, 9.17) is 11.5 Å². The van der Waals surface area contributed by atoms with Crippen LogP contribution in [0.4, 0.5) is 4.79 Å². The number of unbranched alkanes of at least 4 members (excludes halogenated alkanes) is 1. The van der Waals surface area contributed by atoms with Crippen molar-refractivity contribution in [3.63, 3.8) is 0 Å². The Labute approximate surface area is 271 Å². The minimum absolute atomic E-state index is 0.116. The Morgan fingerprint density at radius 2 is 1.66 bits per heavy atom. The van der Waals surface area contributed by atoms with Crippen molar-refractivity contribution in [3.8, 4) is 0 Å². The van der Waals surface area contributed by atoms with Gasteiger partial charge in [0.25, 0.3) is 0 Å². The number of hydrogen-bond donors (Lipinski definition) is 4. The third kappa shape index (κ3) is 8.42. The lowest BCUT2D eigenvalue weighted by atomic mass is 9.47. The SMILES string of the molecule is CC(C)CCC[C@@H](C)[C@H]1CC[C@H]2[C@@H]3CC=C4C[C@@H](NC(=O)N(CCCN)CCCCNCCCN)CC[C@]4(C)[C@H]3CC[C@]12C. The molecule has 4 rings (SSSR count). The Kier molecular flexibility index (Phi) is 13.5. The van der Waals surface area contributed by atoms with E-state index in [2.05, 4.69) is 51.3 Å². The highest BCUT2D eigenvalue weighted by atomic mass is 16.2. The van der Waals surface area contributed by atoms with Gasteiger partial charge in [-0.15, -0.1) is 0 Å². The van der Waals surface area contributed by atoms with Gasteiger partial charge < -0.3 is 27.0 Å². The van der Waals surface area contributed by atoms with Crippen LogP contribution in [-0.2, 0) is 0 Å². The predicted octanol–water partition coefficient (Wildman–Crippen LogP) is 7.48. The van der Waals surface area contributed by atoms with Crippen molar-refractivity contribution in [2.45, 2.75) is 137 Å². The Morgan fingerprint density at radius 1 is 0.909 bits per heavy atom. The van der Waals surface area contributed by atoms with E-state index >= 15 is 0 Å². The highest BCUT2D eigenvalue weighted by Crippen LogP contribution is 2.67. The molecule has 0 aromatic heterocycles. The molecule has 2 amide bonds. The van der Waals surface area contributed by atoms with Gasteiger partial charge in [0.1, 0.15) is 0 Å². The van der Waals surface area contributed by atoms with E-state index in [9.17, 15) is 4.79 Å². The van der Waals surface area contributed by atoms with Gasteiger partial charge in [-0.2, -0.15) is 0 Å². The number of nitrogens with two attached hydrogens (primary N) is 2. The number of hydrogen-bond acceptors (Lipinski definition) is 4. The fraction of sp³-hybridized carbons (Fsp3) is 0.921. The summed E-state index contributed by atoms with van der Waals surface area (Å²) in [6.45, 7) is 17.5. The standard InChI is InChI=1S/C38H71N5O/c1-28(2)11-8-12-29(3)33-15-16-34-32-14-13-30-27-31(17-19-37(30,4)35(32)18-20-38(33,34)5)42-36(44)43(26-10-22-40)25-7-6-23-41-24-9-21-39/h13,28-29,31-35,41H,6-12,14-27,39-40H2,1-5H3,(H,42,44)/t29-,31+,32+,33-,34+,35+,37+,38-/m1/s1. The monoisotopic (exact) mass is 614 g/mol. The highest BCUT2D eigenvalue weighted by molar-refractivity contribution is 5.74. The van der Waals surface area contributed by atoms with Gasteiger partial charge >= 0.3 is 6.03 Å². The van der Waals surface area contributed by atoms with Gasteiger partial charge in [-0.05, 0) is 150 Å². The second-order valence-corrected chi connectivity index (χ2v) is 16.4. The van der Waals surface area contributed by atoms with Crippen LogP contribution in [0.5, 0.6) is 0 Å². The molecule has 6 N–H and O–H groups in total. The Hall–Kier alpha value is -1.11. The second-order valence-electron chi connectivity index (χ2n) is 16.4. The van der Waals surface area contributed by atoms with Crippen LogP contribution in [0.15, 0.2) is 11.6 Å². The van der Waals surface area contributed by atoms with Crippen LogP contribution < -0.4 is 22.1 Å². The van der Waals surface area contributed by atoms with Gasteiger partial charge in [0.2, 0.25) is 0 Å².